The molecule has 1 rings (SSSR count). The highest BCUT2D eigenvalue weighted by Gasteiger charge is 2.01. The lowest BCUT2D eigenvalue weighted by molar-refractivity contribution is 0.0960. The third-order valence-electron chi connectivity index (χ3n) is 1.33. The van der Waals surface area contributed by atoms with Crippen LogP contribution in [0.1, 0.15) is 10.4 Å². The molecule has 64 valence electrons. The first kappa shape index (κ1) is 9.55. The van der Waals surface area contributed by atoms with Crippen molar-refractivity contribution >= 4 is 33.4 Å². The third-order valence-corrected chi connectivity index (χ3v) is 2.00. The standard InChI is InChI=1S/C8H7BrClNO/c9-7-3-1-6(2-4-7)8(12)11-5-10/h1-4H,5H2,(H,11,12). The zero-order valence-corrected chi connectivity index (χ0v) is 8.52. The van der Waals surface area contributed by atoms with Crippen molar-refractivity contribution < 1.29 is 4.79 Å². The van der Waals surface area contributed by atoms with Gasteiger partial charge in [0.15, 0.2) is 0 Å². The first-order valence-electron chi connectivity index (χ1n) is 3.34. The average Bonchev–Trinajstić information content (AvgIpc) is 2.06. The van der Waals surface area contributed by atoms with Crippen LogP contribution in [0.2, 0.25) is 0 Å². The van der Waals surface area contributed by atoms with Crippen LogP contribution in [0.5, 0.6) is 0 Å². The summed E-state index contributed by atoms with van der Waals surface area (Å²) in [5.74, 6) is -0.155. The highest BCUT2D eigenvalue weighted by molar-refractivity contribution is 9.10. The molecule has 0 aromatic heterocycles. The monoisotopic (exact) mass is 247 g/mol. The van der Waals surface area contributed by atoms with Gasteiger partial charge in [-0.25, -0.2) is 0 Å². The lowest BCUT2D eigenvalue weighted by Gasteiger charge is -2.00. The molecule has 0 saturated heterocycles. The number of amides is 1. The van der Waals surface area contributed by atoms with E-state index in [0.717, 1.165) is 4.47 Å². The van der Waals surface area contributed by atoms with Gasteiger partial charge in [0.05, 0.1) is 6.00 Å². The van der Waals surface area contributed by atoms with E-state index in [2.05, 4.69) is 21.2 Å². The zero-order chi connectivity index (χ0) is 8.97. The molecule has 1 aromatic carbocycles. The Morgan fingerprint density at radius 1 is 1.42 bits per heavy atom. The van der Waals surface area contributed by atoms with Gasteiger partial charge in [0.1, 0.15) is 0 Å². The molecule has 0 aliphatic carbocycles. The van der Waals surface area contributed by atoms with Crippen LogP contribution in [-0.4, -0.2) is 11.9 Å². The minimum atomic E-state index is -0.155. The summed E-state index contributed by atoms with van der Waals surface area (Å²) in [5, 5.41) is 2.49. The minimum Gasteiger partial charge on any atom is -0.339 e. The van der Waals surface area contributed by atoms with E-state index in [1.54, 1.807) is 12.1 Å². The quantitative estimate of drug-likeness (QED) is 0.632. The van der Waals surface area contributed by atoms with E-state index in [1.165, 1.54) is 0 Å². The Morgan fingerprint density at radius 3 is 2.50 bits per heavy atom. The predicted molar refractivity (Wildman–Crippen MR) is 52.3 cm³/mol. The van der Waals surface area contributed by atoms with Crippen molar-refractivity contribution in [1.82, 2.24) is 5.32 Å². The summed E-state index contributed by atoms with van der Waals surface area (Å²) in [4.78, 5) is 11.1. The van der Waals surface area contributed by atoms with Gasteiger partial charge >= 0.3 is 0 Å². The van der Waals surface area contributed by atoms with Crippen LogP contribution in [0.25, 0.3) is 0 Å². The molecule has 2 nitrogen and oxygen atoms in total. The largest absolute Gasteiger partial charge is 0.339 e. The number of hydrogen-bond donors (Lipinski definition) is 1. The molecule has 0 spiro atoms. The summed E-state index contributed by atoms with van der Waals surface area (Å²) in [5.41, 5.74) is 0.610. The molecule has 1 aromatic rings. The highest BCUT2D eigenvalue weighted by Crippen LogP contribution is 2.10. The molecule has 0 aliphatic heterocycles. The molecule has 1 amide bonds. The zero-order valence-electron chi connectivity index (χ0n) is 6.18. The second-order valence-electron chi connectivity index (χ2n) is 2.15. The van der Waals surface area contributed by atoms with Crippen LogP contribution in [-0.2, 0) is 0 Å². The van der Waals surface area contributed by atoms with Crippen LogP contribution in [0.4, 0.5) is 0 Å². The van der Waals surface area contributed by atoms with Gasteiger partial charge in [0.25, 0.3) is 5.91 Å². The van der Waals surface area contributed by atoms with E-state index < -0.39 is 0 Å². The summed E-state index contributed by atoms with van der Waals surface area (Å²) in [6, 6.07) is 7.21. The Balaban J connectivity index is 2.75. The normalized spacial score (nSPS) is 9.50. The van der Waals surface area contributed by atoms with E-state index in [0.29, 0.717) is 5.56 Å². The van der Waals surface area contributed by atoms with E-state index in [4.69, 9.17) is 11.6 Å². The van der Waals surface area contributed by atoms with Crippen molar-refractivity contribution in [2.45, 2.75) is 0 Å². The van der Waals surface area contributed by atoms with E-state index in [9.17, 15) is 4.79 Å². The Hall–Kier alpha value is -0.540. The van der Waals surface area contributed by atoms with Crippen molar-refractivity contribution in [3.05, 3.63) is 34.3 Å². The number of carbonyl (C=O) groups is 1. The second-order valence-corrected chi connectivity index (χ2v) is 3.33. The molecule has 0 bridgehead atoms. The Labute approximate surface area is 84.0 Å². The number of nitrogens with one attached hydrogen (secondary N) is 1. The third kappa shape index (κ3) is 2.50. The summed E-state index contributed by atoms with van der Waals surface area (Å²) < 4.78 is 0.949. The van der Waals surface area contributed by atoms with E-state index in [1.807, 2.05) is 12.1 Å². The van der Waals surface area contributed by atoms with Crippen molar-refractivity contribution in [2.24, 2.45) is 0 Å². The topological polar surface area (TPSA) is 29.1 Å². The van der Waals surface area contributed by atoms with E-state index in [-0.39, 0.29) is 11.9 Å². The lowest BCUT2D eigenvalue weighted by Crippen LogP contribution is -2.21. The number of rotatable bonds is 2. The molecule has 0 heterocycles. The number of hydrogen-bond acceptors (Lipinski definition) is 1. The minimum absolute atomic E-state index is 0.134. The molecule has 0 atom stereocenters. The number of carbonyl (C=O) groups excluding carboxylic acids is 1. The number of alkyl halides is 1. The Bertz CT molecular complexity index is 273. The van der Waals surface area contributed by atoms with Gasteiger partial charge in [0, 0.05) is 10.0 Å². The van der Waals surface area contributed by atoms with Crippen molar-refractivity contribution in [2.75, 3.05) is 6.00 Å². The molecular weight excluding hydrogens is 241 g/mol. The summed E-state index contributed by atoms with van der Waals surface area (Å²) >= 11 is 8.61. The molecule has 0 aliphatic rings. The van der Waals surface area contributed by atoms with E-state index >= 15 is 0 Å². The number of benzene rings is 1. The van der Waals surface area contributed by atoms with Gasteiger partial charge in [-0.15, -0.1) is 11.6 Å². The van der Waals surface area contributed by atoms with Gasteiger partial charge in [-0.05, 0) is 24.3 Å². The maximum Gasteiger partial charge on any atom is 0.252 e. The van der Waals surface area contributed by atoms with Crippen LogP contribution in [0.3, 0.4) is 0 Å². The molecule has 1 N–H and O–H groups in total. The fourth-order valence-electron chi connectivity index (χ4n) is 0.764. The molecule has 4 heteroatoms. The first-order chi connectivity index (χ1) is 5.74. The Morgan fingerprint density at radius 2 is 2.00 bits per heavy atom. The Kier molecular flexibility index (Phi) is 3.56. The molecule has 0 saturated carbocycles. The molecule has 0 unspecified atom stereocenters. The first-order valence-corrected chi connectivity index (χ1v) is 4.66. The van der Waals surface area contributed by atoms with Gasteiger partial charge in [0.2, 0.25) is 0 Å². The number of halogens is 2. The molecule has 12 heavy (non-hydrogen) atoms. The average molecular weight is 249 g/mol. The maximum atomic E-state index is 11.1. The lowest BCUT2D eigenvalue weighted by atomic mass is 10.2. The fourth-order valence-corrected chi connectivity index (χ4v) is 1.15. The molecule has 0 radical (unpaired) electrons. The smallest absolute Gasteiger partial charge is 0.252 e. The van der Waals surface area contributed by atoms with Crippen LogP contribution in [0, 0.1) is 0 Å². The summed E-state index contributed by atoms with van der Waals surface area (Å²) in [6.07, 6.45) is 0. The van der Waals surface area contributed by atoms with Crippen LogP contribution in [0.15, 0.2) is 28.7 Å². The van der Waals surface area contributed by atoms with Crippen molar-refractivity contribution in [3.8, 4) is 0 Å². The summed E-state index contributed by atoms with van der Waals surface area (Å²) in [6.45, 7) is 0. The highest BCUT2D eigenvalue weighted by atomic mass is 79.9. The van der Waals surface area contributed by atoms with Crippen molar-refractivity contribution in [3.63, 3.8) is 0 Å². The molecule has 0 fully saturated rings. The van der Waals surface area contributed by atoms with Gasteiger partial charge < -0.3 is 5.32 Å². The van der Waals surface area contributed by atoms with Gasteiger partial charge in [-0.3, -0.25) is 4.79 Å². The second kappa shape index (κ2) is 4.48. The van der Waals surface area contributed by atoms with Crippen LogP contribution < -0.4 is 5.32 Å². The fraction of sp³-hybridized carbons (Fsp3) is 0.125. The van der Waals surface area contributed by atoms with Gasteiger partial charge in [-0.2, -0.15) is 0 Å². The molecular formula is C8H7BrClNO. The SMILES string of the molecule is O=C(NCCl)c1ccc(Br)cc1. The maximum absolute atomic E-state index is 11.1. The predicted octanol–water partition coefficient (Wildman–Crippen LogP) is 2.38. The van der Waals surface area contributed by atoms with Crippen LogP contribution >= 0.6 is 27.5 Å². The van der Waals surface area contributed by atoms with Crippen molar-refractivity contribution in [1.29, 1.82) is 0 Å². The van der Waals surface area contributed by atoms with Gasteiger partial charge in [-0.1, -0.05) is 15.9 Å². The summed E-state index contributed by atoms with van der Waals surface area (Å²) in [7, 11) is 0.